The summed E-state index contributed by atoms with van der Waals surface area (Å²) in [5, 5.41) is 3.02. The maximum absolute atomic E-state index is 11.5. The van der Waals surface area contributed by atoms with Crippen molar-refractivity contribution in [2.75, 3.05) is 0 Å². The predicted octanol–water partition coefficient (Wildman–Crippen LogP) is 2.78. The van der Waals surface area contributed by atoms with Gasteiger partial charge in [-0.2, -0.15) is 0 Å². The summed E-state index contributed by atoms with van der Waals surface area (Å²) in [6.45, 7) is 6.16. The average molecular weight is 219 g/mol. The molecular formula is C14H21NO. The summed E-state index contributed by atoms with van der Waals surface area (Å²) in [6.07, 6.45) is 1.50. The van der Waals surface area contributed by atoms with Gasteiger partial charge in [-0.3, -0.25) is 4.79 Å². The highest BCUT2D eigenvalue weighted by Gasteiger charge is 2.09. The first-order valence-electron chi connectivity index (χ1n) is 5.91. The molecule has 0 aliphatic carbocycles. The van der Waals surface area contributed by atoms with Crippen LogP contribution < -0.4 is 5.32 Å². The van der Waals surface area contributed by atoms with Crippen LogP contribution in [-0.4, -0.2) is 11.9 Å². The first kappa shape index (κ1) is 12.8. The molecule has 1 aromatic rings. The van der Waals surface area contributed by atoms with Gasteiger partial charge in [0.25, 0.3) is 0 Å². The van der Waals surface area contributed by atoms with Crippen molar-refractivity contribution >= 4 is 5.91 Å². The molecule has 0 fully saturated rings. The molecule has 16 heavy (non-hydrogen) atoms. The number of amides is 1. The second kappa shape index (κ2) is 6.31. The van der Waals surface area contributed by atoms with E-state index in [0.29, 0.717) is 12.3 Å². The molecule has 88 valence electrons. The second-order valence-corrected chi connectivity index (χ2v) is 4.76. The van der Waals surface area contributed by atoms with Gasteiger partial charge in [0.1, 0.15) is 0 Å². The van der Waals surface area contributed by atoms with Gasteiger partial charge in [0.2, 0.25) is 5.91 Å². The number of benzene rings is 1. The van der Waals surface area contributed by atoms with Crippen LogP contribution in [0, 0.1) is 5.92 Å². The van der Waals surface area contributed by atoms with Crippen molar-refractivity contribution < 1.29 is 4.79 Å². The Morgan fingerprint density at radius 2 is 1.81 bits per heavy atom. The minimum Gasteiger partial charge on any atom is -0.353 e. The molecule has 1 atom stereocenters. The number of hydrogen-bond acceptors (Lipinski definition) is 1. The molecule has 1 unspecified atom stereocenters. The first-order chi connectivity index (χ1) is 7.58. The average Bonchev–Trinajstić information content (AvgIpc) is 2.17. The molecule has 0 spiro atoms. The summed E-state index contributed by atoms with van der Waals surface area (Å²) in [6, 6.07) is 10.4. The highest BCUT2D eigenvalue weighted by molar-refractivity contribution is 5.76. The molecule has 0 heterocycles. The first-order valence-corrected chi connectivity index (χ1v) is 5.91. The van der Waals surface area contributed by atoms with Gasteiger partial charge in [-0.05, 0) is 24.8 Å². The molecule has 0 bridgehead atoms. The van der Waals surface area contributed by atoms with Gasteiger partial charge in [-0.15, -0.1) is 0 Å². The van der Waals surface area contributed by atoms with Crippen molar-refractivity contribution in [2.45, 2.75) is 39.7 Å². The Bertz CT molecular complexity index is 319. The molecular weight excluding hydrogens is 198 g/mol. The SMILES string of the molecule is CC(C)CC(=O)NC(C)Cc1ccccc1. The van der Waals surface area contributed by atoms with Crippen molar-refractivity contribution in [1.29, 1.82) is 0 Å². The van der Waals surface area contributed by atoms with Crippen LogP contribution in [0.4, 0.5) is 0 Å². The van der Waals surface area contributed by atoms with E-state index < -0.39 is 0 Å². The van der Waals surface area contributed by atoms with Gasteiger partial charge in [-0.1, -0.05) is 44.2 Å². The van der Waals surface area contributed by atoms with E-state index in [2.05, 4.69) is 31.3 Å². The minimum absolute atomic E-state index is 0.151. The normalized spacial score (nSPS) is 12.5. The van der Waals surface area contributed by atoms with Gasteiger partial charge in [0.15, 0.2) is 0 Å². The van der Waals surface area contributed by atoms with Crippen LogP contribution >= 0.6 is 0 Å². The van der Waals surface area contributed by atoms with Crippen LogP contribution in [0.15, 0.2) is 30.3 Å². The van der Waals surface area contributed by atoms with E-state index in [4.69, 9.17) is 0 Å². The molecule has 1 aromatic carbocycles. The van der Waals surface area contributed by atoms with Gasteiger partial charge in [0.05, 0.1) is 0 Å². The largest absolute Gasteiger partial charge is 0.353 e. The van der Waals surface area contributed by atoms with E-state index in [1.165, 1.54) is 5.56 Å². The zero-order chi connectivity index (χ0) is 12.0. The molecule has 0 aromatic heterocycles. The Kier molecular flexibility index (Phi) is 5.03. The van der Waals surface area contributed by atoms with E-state index in [-0.39, 0.29) is 11.9 Å². The zero-order valence-electron chi connectivity index (χ0n) is 10.4. The number of rotatable bonds is 5. The smallest absolute Gasteiger partial charge is 0.220 e. The maximum Gasteiger partial charge on any atom is 0.220 e. The topological polar surface area (TPSA) is 29.1 Å². The molecule has 0 aliphatic heterocycles. The fraction of sp³-hybridized carbons (Fsp3) is 0.500. The lowest BCUT2D eigenvalue weighted by molar-refractivity contribution is -0.122. The second-order valence-electron chi connectivity index (χ2n) is 4.76. The predicted molar refractivity (Wildman–Crippen MR) is 67.2 cm³/mol. The Labute approximate surface area is 98.1 Å². The fourth-order valence-corrected chi connectivity index (χ4v) is 1.72. The molecule has 2 nitrogen and oxygen atoms in total. The highest BCUT2D eigenvalue weighted by Crippen LogP contribution is 2.04. The van der Waals surface area contributed by atoms with Crippen molar-refractivity contribution in [2.24, 2.45) is 5.92 Å². The van der Waals surface area contributed by atoms with E-state index in [1.54, 1.807) is 0 Å². The Morgan fingerprint density at radius 3 is 2.38 bits per heavy atom. The summed E-state index contributed by atoms with van der Waals surface area (Å²) in [7, 11) is 0. The highest BCUT2D eigenvalue weighted by atomic mass is 16.1. The number of carbonyl (C=O) groups is 1. The molecule has 1 N–H and O–H groups in total. The lowest BCUT2D eigenvalue weighted by Crippen LogP contribution is -2.34. The third-order valence-corrected chi connectivity index (χ3v) is 2.39. The third kappa shape index (κ3) is 4.96. The van der Waals surface area contributed by atoms with Crippen LogP contribution in [0.5, 0.6) is 0 Å². The maximum atomic E-state index is 11.5. The molecule has 0 radical (unpaired) electrons. The monoisotopic (exact) mass is 219 g/mol. The molecule has 0 saturated carbocycles. The molecule has 0 aliphatic rings. The number of hydrogen-bond donors (Lipinski definition) is 1. The molecule has 0 saturated heterocycles. The summed E-state index contributed by atoms with van der Waals surface area (Å²) in [5.74, 6) is 0.572. The van der Waals surface area contributed by atoms with Crippen molar-refractivity contribution in [3.05, 3.63) is 35.9 Å². The van der Waals surface area contributed by atoms with E-state index >= 15 is 0 Å². The van der Waals surface area contributed by atoms with E-state index in [9.17, 15) is 4.79 Å². The third-order valence-electron chi connectivity index (χ3n) is 2.39. The van der Waals surface area contributed by atoms with Crippen molar-refractivity contribution in [1.82, 2.24) is 5.32 Å². The fourth-order valence-electron chi connectivity index (χ4n) is 1.72. The summed E-state index contributed by atoms with van der Waals surface area (Å²) in [5.41, 5.74) is 1.26. The van der Waals surface area contributed by atoms with Crippen molar-refractivity contribution in [3.63, 3.8) is 0 Å². The van der Waals surface area contributed by atoms with Gasteiger partial charge in [0, 0.05) is 12.5 Å². The number of carbonyl (C=O) groups excluding carboxylic acids is 1. The Morgan fingerprint density at radius 1 is 1.19 bits per heavy atom. The lowest BCUT2D eigenvalue weighted by Gasteiger charge is -2.14. The van der Waals surface area contributed by atoms with Crippen molar-refractivity contribution in [3.8, 4) is 0 Å². The van der Waals surface area contributed by atoms with Gasteiger partial charge >= 0.3 is 0 Å². The summed E-state index contributed by atoms with van der Waals surface area (Å²) < 4.78 is 0. The van der Waals surface area contributed by atoms with Crippen LogP contribution in [0.3, 0.4) is 0 Å². The van der Waals surface area contributed by atoms with Crippen LogP contribution in [0.25, 0.3) is 0 Å². The Hall–Kier alpha value is -1.31. The van der Waals surface area contributed by atoms with Crippen LogP contribution in [0.1, 0.15) is 32.8 Å². The van der Waals surface area contributed by atoms with Gasteiger partial charge < -0.3 is 5.32 Å². The molecule has 2 heteroatoms. The van der Waals surface area contributed by atoms with Crippen LogP contribution in [0.2, 0.25) is 0 Å². The van der Waals surface area contributed by atoms with E-state index in [1.807, 2.05) is 25.1 Å². The number of nitrogens with one attached hydrogen (secondary N) is 1. The van der Waals surface area contributed by atoms with E-state index in [0.717, 1.165) is 6.42 Å². The van der Waals surface area contributed by atoms with Crippen LogP contribution in [-0.2, 0) is 11.2 Å². The summed E-state index contributed by atoms with van der Waals surface area (Å²) >= 11 is 0. The van der Waals surface area contributed by atoms with Gasteiger partial charge in [-0.25, -0.2) is 0 Å². The molecule has 1 rings (SSSR count). The standard InChI is InChI=1S/C14H21NO/c1-11(2)9-14(16)15-12(3)10-13-7-5-4-6-8-13/h4-8,11-12H,9-10H2,1-3H3,(H,15,16). The molecule has 1 amide bonds. The quantitative estimate of drug-likeness (QED) is 0.810. The Balaban J connectivity index is 2.36. The summed E-state index contributed by atoms with van der Waals surface area (Å²) in [4.78, 5) is 11.5. The minimum atomic E-state index is 0.151. The zero-order valence-corrected chi connectivity index (χ0v) is 10.4. The lowest BCUT2D eigenvalue weighted by atomic mass is 10.1.